The predicted octanol–water partition coefficient (Wildman–Crippen LogP) is 0.617. The van der Waals surface area contributed by atoms with E-state index in [0.29, 0.717) is 58.7 Å². The molecule has 268 valence electrons. The zero-order valence-corrected chi connectivity index (χ0v) is 27.7. The van der Waals surface area contributed by atoms with Crippen LogP contribution in [0.2, 0.25) is 0 Å². The summed E-state index contributed by atoms with van der Waals surface area (Å²) in [6, 6.07) is 2.89. The number of nitriles is 1. The number of carboxylic acid groups (broad SMARTS) is 1. The SMILES string of the molecule is CNCCOCCOCCOCCC(=O)NC(CCCCNC(=O)c1ccc(F)c(C#N)c1)C(=O)NC(CCCCNC(C)=O)C(=O)O. The van der Waals surface area contributed by atoms with Gasteiger partial charge in [-0.25, -0.2) is 9.18 Å². The Balaban J connectivity index is 2.61. The molecule has 4 amide bonds. The number of carbonyl (C=O) groups is 5. The number of nitrogens with zero attached hydrogens (tertiary/aromatic N) is 1. The molecule has 0 saturated heterocycles. The number of carboxylic acids is 1. The number of ether oxygens (including phenoxy) is 3. The highest BCUT2D eigenvalue weighted by atomic mass is 19.1. The van der Waals surface area contributed by atoms with Crippen molar-refractivity contribution in [3.63, 3.8) is 0 Å². The first kappa shape index (κ1) is 41.9. The minimum Gasteiger partial charge on any atom is -0.480 e. The summed E-state index contributed by atoms with van der Waals surface area (Å²) in [6.45, 7) is 4.82. The van der Waals surface area contributed by atoms with Gasteiger partial charge in [0.15, 0.2) is 0 Å². The number of rotatable bonds is 27. The third-order valence-corrected chi connectivity index (χ3v) is 6.83. The second-order valence-corrected chi connectivity index (χ2v) is 10.7. The van der Waals surface area contributed by atoms with Crippen LogP contribution < -0.4 is 26.6 Å². The monoisotopic (exact) mass is 680 g/mol. The third-order valence-electron chi connectivity index (χ3n) is 6.83. The van der Waals surface area contributed by atoms with Crippen molar-refractivity contribution in [2.24, 2.45) is 0 Å². The molecular weight excluding hydrogens is 631 g/mol. The molecule has 1 aromatic rings. The molecular formula is C32H49FN6O9. The molecule has 16 heteroatoms. The third kappa shape index (κ3) is 19.5. The van der Waals surface area contributed by atoms with E-state index in [4.69, 9.17) is 19.5 Å². The number of aliphatic carboxylic acids is 1. The number of amides is 4. The molecule has 0 fully saturated rings. The van der Waals surface area contributed by atoms with E-state index in [1.807, 2.05) is 7.05 Å². The van der Waals surface area contributed by atoms with Crippen molar-refractivity contribution in [2.75, 3.05) is 66.3 Å². The van der Waals surface area contributed by atoms with Crippen LogP contribution in [0.1, 0.15) is 67.8 Å². The summed E-state index contributed by atoms with van der Waals surface area (Å²) in [5, 5.41) is 32.0. The van der Waals surface area contributed by atoms with E-state index in [9.17, 15) is 33.5 Å². The van der Waals surface area contributed by atoms with Crippen molar-refractivity contribution in [1.82, 2.24) is 26.6 Å². The first-order chi connectivity index (χ1) is 23.1. The van der Waals surface area contributed by atoms with Gasteiger partial charge in [-0.3, -0.25) is 19.2 Å². The van der Waals surface area contributed by atoms with Gasteiger partial charge >= 0.3 is 5.97 Å². The predicted molar refractivity (Wildman–Crippen MR) is 172 cm³/mol. The molecule has 15 nitrogen and oxygen atoms in total. The molecule has 0 heterocycles. The van der Waals surface area contributed by atoms with Gasteiger partial charge in [0.25, 0.3) is 5.91 Å². The first-order valence-corrected chi connectivity index (χ1v) is 16.0. The maximum Gasteiger partial charge on any atom is 0.326 e. The van der Waals surface area contributed by atoms with E-state index in [2.05, 4.69) is 26.6 Å². The Morgan fingerprint density at radius 3 is 2.04 bits per heavy atom. The maximum atomic E-state index is 13.6. The molecule has 1 rings (SSSR count). The van der Waals surface area contributed by atoms with Crippen LogP contribution in [0.15, 0.2) is 18.2 Å². The summed E-state index contributed by atoms with van der Waals surface area (Å²) in [7, 11) is 1.83. The first-order valence-electron chi connectivity index (χ1n) is 16.0. The van der Waals surface area contributed by atoms with Crippen LogP contribution in [0.3, 0.4) is 0 Å². The minimum absolute atomic E-state index is 0.0408. The quantitative estimate of drug-likeness (QED) is 0.0708. The topological polar surface area (TPSA) is 217 Å². The lowest BCUT2D eigenvalue weighted by atomic mass is 10.1. The van der Waals surface area contributed by atoms with Gasteiger partial charge in [0, 0.05) is 38.5 Å². The normalized spacial score (nSPS) is 12.0. The summed E-state index contributed by atoms with van der Waals surface area (Å²) in [5.74, 6) is -3.78. The average Bonchev–Trinajstić information content (AvgIpc) is 3.05. The lowest BCUT2D eigenvalue weighted by Gasteiger charge is -2.22. The molecule has 0 aromatic heterocycles. The average molecular weight is 681 g/mol. The molecule has 2 atom stereocenters. The number of unbranched alkanes of at least 4 members (excludes halogenated alkanes) is 2. The summed E-state index contributed by atoms with van der Waals surface area (Å²) >= 11 is 0. The summed E-state index contributed by atoms with van der Waals surface area (Å²) < 4.78 is 29.7. The van der Waals surface area contributed by atoms with Crippen molar-refractivity contribution in [3.05, 3.63) is 35.1 Å². The van der Waals surface area contributed by atoms with E-state index < -0.39 is 41.6 Å². The Bertz CT molecular complexity index is 1200. The van der Waals surface area contributed by atoms with Crippen LogP contribution in [0.4, 0.5) is 4.39 Å². The number of likely N-dealkylation sites (N-methyl/N-ethyl adjacent to an activating group) is 1. The van der Waals surface area contributed by atoms with Gasteiger partial charge in [-0.2, -0.15) is 5.26 Å². The molecule has 0 aliphatic heterocycles. The van der Waals surface area contributed by atoms with Crippen LogP contribution in [0.5, 0.6) is 0 Å². The van der Waals surface area contributed by atoms with Crippen molar-refractivity contribution in [2.45, 2.75) is 64.0 Å². The molecule has 0 bridgehead atoms. The van der Waals surface area contributed by atoms with Crippen LogP contribution in [0, 0.1) is 17.1 Å². The van der Waals surface area contributed by atoms with Gasteiger partial charge in [-0.05, 0) is 63.8 Å². The lowest BCUT2D eigenvalue weighted by molar-refractivity contribution is -0.142. The zero-order chi connectivity index (χ0) is 35.6. The molecule has 48 heavy (non-hydrogen) atoms. The van der Waals surface area contributed by atoms with E-state index in [-0.39, 0.29) is 56.1 Å². The van der Waals surface area contributed by atoms with E-state index in [1.165, 1.54) is 13.0 Å². The van der Waals surface area contributed by atoms with Crippen LogP contribution >= 0.6 is 0 Å². The van der Waals surface area contributed by atoms with E-state index >= 15 is 0 Å². The number of benzene rings is 1. The van der Waals surface area contributed by atoms with Crippen molar-refractivity contribution >= 4 is 29.6 Å². The number of nitrogens with one attached hydrogen (secondary N) is 5. The van der Waals surface area contributed by atoms with Crippen molar-refractivity contribution in [3.8, 4) is 6.07 Å². The second kappa shape index (κ2) is 25.9. The minimum atomic E-state index is -1.23. The van der Waals surface area contributed by atoms with Crippen LogP contribution in [-0.2, 0) is 33.4 Å². The zero-order valence-electron chi connectivity index (χ0n) is 27.7. The van der Waals surface area contributed by atoms with Gasteiger partial charge in [0.2, 0.25) is 17.7 Å². The summed E-state index contributed by atoms with van der Waals surface area (Å²) in [4.78, 5) is 61.1. The molecule has 0 saturated carbocycles. The summed E-state index contributed by atoms with van der Waals surface area (Å²) in [6.07, 6.45) is 1.99. The van der Waals surface area contributed by atoms with Gasteiger partial charge in [0.1, 0.15) is 24.0 Å². The molecule has 0 radical (unpaired) electrons. The number of carbonyl (C=O) groups excluding carboxylic acids is 4. The highest BCUT2D eigenvalue weighted by Gasteiger charge is 2.26. The van der Waals surface area contributed by atoms with E-state index in [0.717, 1.165) is 18.7 Å². The van der Waals surface area contributed by atoms with Crippen molar-refractivity contribution in [1.29, 1.82) is 5.26 Å². The number of hydrogen-bond acceptors (Lipinski definition) is 10. The Kier molecular flexibility index (Phi) is 22.6. The smallest absolute Gasteiger partial charge is 0.326 e. The van der Waals surface area contributed by atoms with E-state index in [1.54, 1.807) is 6.07 Å². The fourth-order valence-corrected chi connectivity index (χ4v) is 4.21. The standard InChI is InChI=1S/C32H49FN6O9/c1-23(40)36-12-5-4-8-28(32(44)45)39-31(43)27(38-29(41)11-15-46-17-19-48-20-18-47-16-14-35-2)7-3-6-13-37-30(42)24-9-10-26(33)25(21-24)22-34/h9-10,21,27-28,35H,3-8,11-20H2,1-2H3,(H,36,40)(H,37,42)(H,38,41)(H,39,43)(H,44,45). The number of hydrogen-bond donors (Lipinski definition) is 6. The van der Waals surface area contributed by atoms with Gasteiger partial charge in [-0.15, -0.1) is 0 Å². The molecule has 0 spiro atoms. The van der Waals surface area contributed by atoms with Crippen LogP contribution in [-0.4, -0.2) is 113 Å². The highest BCUT2D eigenvalue weighted by Crippen LogP contribution is 2.10. The molecule has 2 unspecified atom stereocenters. The van der Waals surface area contributed by atoms with Crippen LogP contribution in [0.25, 0.3) is 0 Å². The van der Waals surface area contributed by atoms with Gasteiger partial charge < -0.3 is 45.9 Å². The van der Waals surface area contributed by atoms with Crippen molar-refractivity contribution < 1.29 is 47.7 Å². The molecule has 0 aliphatic carbocycles. The summed E-state index contributed by atoms with van der Waals surface area (Å²) in [5.41, 5.74) is -0.128. The number of halogens is 1. The molecule has 6 N–H and O–H groups in total. The lowest BCUT2D eigenvalue weighted by Crippen LogP contribution is -2.51. The van der Waals surface area contributed by atoms with Gasteiger partial charge in [-0.1, -0.05) is 0 Å². The fraction of sp³-hybridized carbons (Fsp3) is 0.625. The molecule has 1 aromatic carbocycles. The highest BCUT2D eigenvalue weighted by molar-refractivity contribution is 5.94. The Morgan fingerprint density at radius 2 is 1.44 bits per heavy atom. The largest absolute Gasteiger partial charge is 0.480 e. The second-order valence-electron chi connectivity index (χ2n) is 10.7. The Labute approximate surface area is 280 Å². The maximum absolute atomic E-state index is 13.6. The molecule has 0 aliphatic rings. The Hall–Kier alpha value is -4.17. The fourth-order valence-electron chi connectivity index (χ4n) is 4.21. The Morgan fingerprint density at radius 1 is 0.833 bits per heavy atom. The van der Waals surface area contributed by atoms with Gasteiger partial charge in [0.05, 0.1) is 45.2 Å².